The lowest BCUT2D eigenvalue weighted by Gasteiger charge is -2.12. The number of hydrogen-bond acceptors (Lipinski definition) is 4. The molecule has 20 heavy (non-hydrogen) atoms. The van der Waals surface area contributed by atoms with Crippen LogP contribution in [-0.2, 0) is 26.4 Å². The fourth-order valence-electron chi connectivity index (χ4n) is 2.73. The highest BCUT2D eigenvalue weighted by Gasteiger charge is 2.20. The maximum Gasteiger partial charge on any atom is 0.273 e. The largest absolute Gasteiger partial charge is 0.361 e. The molecule has 0 aliphatic heterocycles. The number of nitrogens with one attached hydrogen (secondary N) is 1. The van der Waals surface area contributed by atoms with E-state index in [1.807, 2.05) is 11.7 Å². The zero-order valence-electron chi connectivity index (χ0n) is 11.8. The quantitative estimate of drug-likeness (QED) is 0.921. The number of fused-ring (bicyclic) bond motifs is 1. The average molecular weight is 274 g/mol. The molecule has 1 aliphatic rings. The molecule has 1 aliphatic carbocycles. The lowest BCUT2D eigenvalue weighted by atomic mass is 9.96. The van der Waals surface area contributed by atoms with E-state index in [2.05, 4.69) is 15.6 Å². The molecule has 6 heteroatoms. The van der Waals surface area contributed by atoms with E-state index in [1.54, 1.807) is 13.0 Å². The molecule has 0 spiro atoms. The van der Waals surface area contributed by atoms with Gasteiger partial charge < -0.3 is 9.84 Å². The van der Waals surface area contributed by atoms with Gasteiger partial charge in [0, 0.05) is 18.8 Å². The van der Waals surface area contributed by atoms with Gasteiger partial charge in [-0.2, -0.15) is 5.10 Å². The normalized spacial score (nSPS) is 14.1. The molecular formula is C14H18N4O2. The highest BCUT2D eigenvalue weighted by molar-refractivity contribution is 5.92. The van der Waals surface area contributed by atoms with Crippen LogP contribution in [0.1, 0.15) is 46.0 Å². The summed E-state index contributed by atoms with van der Waals surface area (Å²) in [4.78, 5) is 11.9. The topological polar surface area (TPSA) is 73.0 Å². The Labute approximate surface area is 117 Å². The third kappa shape index (κ3) is 2.33. The number of rotatable bonds is 3. The van der Waals surface area contributed by atoms with Crippen molar-refractivity contribution in [2.45, 2.75) is 39.2 Å². The SMILES string of the molecule is Cc1cc(C(=O)NCc2nn(C)c3c2CCCC3)no1. The first-order valence-electron chi connectivity index (χ1n) is 6.90. The highest BCUT2D eigenvalue weighted by Crippen LogP contribution is 2.23. The monoisotopic (exact) mass is 274 g/mol. The highest BCUT2D eigenvalue weighted by atomic mass is 16.5. The number of hydrogen-bond donors (Lipinski definition) is 1. The van der Waals surface area contributed by atoms with Gasteiger partial charge >= 0.3 is 0 Å². The summed E-state index contributed by atoms with van der Waals surface area (Å²) >= 11 is 0. The Hall–Kier alpha value is -2.11. The Balaban J connectivity index is 1.71. The van der Waals surface area contributed by atoms with Crippen molar-refractivity contribution in [3.8, 4) is 0 Å². The van der Waals surface area contributed by atoms with E-state index in [9.17, 15) is 4.79 Å². The van der Waals surface area contributed by atoms with E-state index < -0.39 is 0 Å². The van der Waals surface area contributed by atoms with Crippen molar-refractivity contribution < 1.29 is 9.32 Å². The van der Waals surface area contributed by atoms with Gasteiger partial charge in [0.15, 0.2) is 5.69 Å². The standard InChI is InChI=1S/C14H18N4O2/c1-9-7-11(17-20-9)14(19)15-8-12-10-5-3-4-6-13(10)18(2)16-12/h7H,3-6,8H2,1-2H3,(H,15,19). The molecule has 0 aromatic carbocycles. The fraction of sp³-hybridized carbons (Fsp3) is 0.500. The van der Waals surface area contributed by atoms with E-state index in [-0.39, 0.29) is 5.91 Å². The summed E-state index contributed by atoms with van der Waals surface area (Å²) in [5, 5.41) is 11.1. The molecule has 0 bridgehead atoms. The Bertz CT molecular complexity index is 642. The third-order valence-corrected chi connectivity index (χ3v) is 3.73. The number of amides is 1. The van der Waals surface area contributed by atoms with Crippen LogP contribution in [0.2, 0.25) is 0 Å². The van der Waals surface area contributed by atoms with Gasteiger partial charge in [-0.15, -0.1) is 0 Å². The molecule has 0 atom stereocenters. The van der Waals surface area contributed by atoms with Crippen molar-refractivity contribution in [1.29, 1.82) is 0 Å². The zero-order chi connectivity index (χ0) is 14.1. The molecule has 1 N–H and O–H groups in total. The van der Waals surface area contributed by atoms with Crippen LogP contribution in [-0.4, -0.2) is 20.8 Å². The van der Waals surface area contributed by atoms with Gasteiger partial charge in [0.1, 0.15) is 5.76 Å². The minimum absolute atomic E-state index is 0.225. The van der Waals surface area contributed by atoms with Crippen LogP contribution >= 0.6 is 0 Å². The van der Waals surface area contributed by atoms with E-state index >= 15 is 0 Å². The molecule has 0 saturated heterocycles. The second kappa shape index (κ2) is 5.11. The van der Waals surface area contributed by atoms with Gasteiger partial charge in [-0.3, -0.25) is 9.48 Å². The summed E-state index contributed by atoms with van der Waals surface area (Å²) in [6.45, 7) is 2.20. The first kappa shape index (κ1) is 12.9. The first-order valence-corrected chi connectivity index (χ1v) is 6.90. The fourth-order valence-corrected chi connectivity index (χ4v) is 2.73. The molecule has 0 fully saturated rings. The van der Waals surface area contributed by atoms with Gasteiger partial charge in [0.25, 0.3) is 5.91 Å². The van der Waals surface area contributed by atoms with Gasteiger partial charge in [0.05, 0.1) is 12.2 Å². The minimum atomic E-state index is -0.225. The zero-order valence-corrected chi connectivity index (χ0v) is 11.8. The number of carbonyl (C=O) groups excluding carboxylic acids is 1. The van der Waals surface area contributed by atoms with Crippen molar-refractivity contribution in [3.05, 3.63) is 34.5 Å². The second-order valence-corrected chi connectivity index (χ2v) is 5.21. The van der Waals surface area contributed by atoms with Crippen molar-refractivity contribution in [1.82, 2.24) is 20.3 Å². The summed E-state index contributed by atoms with van der Waals surface area (Å²) < 4.78 is 6.84. The Morgan fingerprint density at radius 1 is 1.45 bits per heavy atom. The lowest BCUT2D eigenvalue weighted by Crippen LogP contribution is -2.24. The molecule has 106 valence electrons. The smallest absolute Gasteiger partial charge is 0.273 e. The molecule has 2 aromatic rings. The van der Waals surface area contributed by atoms with Crippen molar-refractivity contribution >= 4 is 5.91 Å². The summed E-state index contributed by atoms with van der Waals surface area (Å²) in [6, 6.07) is 1.63. The molecule has 0 saturated carbocycles. The van der Waals surface area contributed by atoms with E-state index in [1.165, 1.54) is 24.1 Å². The third-order valence-electron chi connectivity index (χ3n) is 3.73. The van der Waals surface area contributed by atoms with Gasteiger partial charge in [-0.1, -0.05) is 5.16 Å². The summed E-state index contributed by atoms with van der Waals surface area (Å²) in [5.74, 6) is 0.405. The lowest BCUT2D eigenvalue weighted by molar-refractivity contribution is 0.0941. The molecule has 0 radical (unpaired) electrons. The molecule has 6 nitrogen and oxygen atoms in total. The van der Waals surface area contributed by atoms with Crippen molar-refractivity contribution in [2.75, 3.05) is 0 Å². The number of aryl methyl sites for hydroxylation is 2. The molecule has 2 heterocycles. The summed E-state index contributed by atoms with van der Waals surface area (Å²) in [6.07, 6.45) is 4.55. The van der Waals surface area contributed by atoms with E-state index in [0.717, 1.165) is 18.5 Å². The van der Waals surface area contributed by atoms with Crippen LogP contribution in [0, 0.1) is 6.92 Å². The predicted molar refractivity (Wildman–Crippen MR) is 72.3 cm³/mol. The van der Waals surface area contributed by atoms with Crippen LogP contribution in [0.3, 0.4) is 0 Å². The van der Waals surface area contributed by atoms with Crippen LogP contribution in [0.4, 0.5) is 0 Å². The Kier molecular flexibility index (Phi) is 3.30. The van der Waals surface area contributed by atoms with E-state index in [4.69, 9.17) is 4.52 Å². The number of aromatic nitrogens is 3. The van der Waals surface area contributed by atoms with Crippen LogP contribution in [0.15, 0.2) is 10.6 Å². The maximum absolute atomic E-state index is 11.9. The van der Waals surface area contributed by atoms with Crippen LogP contribution in [0.25, 0.3) is 0 Å². The molecular weight excluding hydrogens is 256 g/mol. The molecule has 0 unspecified atom stereocenters. The minimum Gasteiger partial charge on any atom is -0.361 e. The van der Waals surface area contributed by atoms with Gasteiger partial charge in [-0.05, 0) is 38.2 Å². The number of carbonyl (C=O) groups is 1. The van der Waals surface area contributed by atoms with Crippen LogP contribution < -0.4 is 5.32 Å². The summed E-state index contributed by atoms with van der Waals surface area (Å²) in [5.41, 5.74) is 3.89. The molecule has 1 amide bonds. The van der Waals surface area contributed by atoms with Gasteiger partial charge in [-0.25, -0.2) is 0 Å². The van der Waals surface area contributed by atoms with Crippen LogP contribution in [0.5, 0.6) is 0 Å². The van der Waals surface area contributed by atoms with Crippen molar-refractivity contribution in [3.63, 3.8) is 0 Å². The number of nitrogens with zero attached hydrogens (tertiary/aromatic N) is 3. The van der Waals surface area contributed by atoms with E-state index in [0.29, 0.717) is 18.0 Å². The maximum atomic E-state index is 11.9. The molecule has 3 rings (SSSR count). The Morgan fingerprint density at radius 3 is 3.00 bits per heavy atom. The average Bonchev–Trinajstić information content (AvgIpc) is 3.01. The second-order valence-electron chi connectivity index (χ2n) is 5.21. The summed E-state index contributed by atoms with van der Waals surface area (Å²) in [7, 11) is 1.97. The Morgan fingerprint density at radius 2 is 2.25 bits per heavy atom. The van der Waals surface area contributed by atoms with Crippen molar-refractivity contribution in [2.24, 2.45) is 7.05 Å². The molecule has 2 aromatic heterocycles. The first-order chi connectivity index (χ1) is 9.65. The predicted octanol–water partition coefficient (Wildman–Crippen LogP) is 1.53. The van der Waals surface area contributed by atoms with Gasteiger partial charge in [0.2, 0.25) is 0 Å².